The van der Waals surface area contributed by atoms with Crippen molar-refractivity contribution in [2.45, 2.75) is 26.4 Å². The lowest BCUT2D eigenvalue weighted by atomic mass is 10.1. The van der Waals surface area contributed by atoms with Crippen molar-refractivity contribution in [2.24, 2.45) is 0 Å². The Bertz CT molecular complexity index is 382. The number of rotatable bonds is 2. The molecular formula is C13H19NO2. The average Bonchev–Trinajstić information content (AvgIpc) is 2.15. The van der Waals surface area contributed by atoms with Gasteiger partial charge in [-0.3, -0.25) is 0 Å². The van der Waals surface area contributed by atoms with E-state index in [9.17, 15) is 5.11 Å². The summed E-state index contributed by atoms with van der Waals surface area (Å²) in [5.74, 6) is 0.926. The van der Waals surface area contributed by atoms with Crippen molar-refractivity contribution in [2.75, 3.05) is 24.6 Å². The van der Waals surface area contributed by atoms with Crippen LogP contribution in [0.4, 0.5) is 5.69 Å². The largest absolute Gasteiger partial charge is 0.490 e. The summed E-state index contributed by atoms with van der Waals surface area (Å²) in [6.07, 6.45) is 0. The quantitative estimate of drug-likeness (QED) is 0.828. The molecule has 1 heterocycles. The molecule has 0 fully saturated rings. The van der Waals surface area contributed by atoms with Gasteiger partial charge in [-0.2, -0.15) is 0 Å². The Morgan fingerprint density at radius 2 is 2.19 bits per heavy atom. The number of hydrogen-bond donors (Lipinski definition) is 1. The summed E-state index contributed by atoms with van der Waals surface area (Å²) in [6.45, 7) is 7.90. The zero-order chi connectivity index (χ0) is 11.8. The number of β-amino-alcohol motifs (C(OH)–C–C–N with tert-alkyl or cyclic N) is 1. The topological polar surface area (TPSA) is 32.7 Å². The zero-order valence-electron chi connectivity index (χ0n) is 10.2. The summed E-state index contributed by atoms with van der Waals surface area (Å²) in [4.78, 5) is 2.20. The van der Waals surface area contributed by atoms with E-state index >= 15 is 0 Å². The number of aryl methyl sites for hydroxylation is 1. The fourth-order valence-corrected chi connectivity index (χ4v) is 2.16. The van der Waals surface area contributed by atoms with Crippen LogP contribution in [0.1, 0.15) is 19.4 Å². The summed E-state index contributed by atoms with van der Waals surface area (Å²) < 4.78 is 5.63. The maximum absolute atomic E-state index is 9.90. The fraction of sp³-hybridized carbons (Fsp3) is 0.538. The number of nitrogens with zero attached hydrogens (tertiary/aromatic N) is 1. The van der Waals surface area contributed by atoms with Crippen LogP contribution in [-0.4, -0.2) is 30.4 Å². The highest BCUT2D eigenvalue weighted by atomic mass is 16.5. The molecule has 0 saturated carbocycles. The van der Waals surface area contributed by atoms with Crippen LogP contribution >= 0.6 is 0 Å². The first kappa shape index (κ1) is 11.3. The van der Waals surface area contributed by atoms with Gasteiger partial charge in [-0.1, -0.05) is 12.1 Å². The molecule has 0 bridgehead atoms. The standard InChI is InChI=1S/C13H19NO2/c1-10-5-4-6-11-12(10)14(7-8-16-11)9-13(2,3)15/h4-6,15H,7-9H2,1-3H3. The first-order valence-corrected chi connectivity index (χ1v) is 5.67. The van der Waals surface area contributed by atoms with Gasteiger partial charge in [0.2, 0.25) is 0 Å². The maximum Gasteiger partial charge on any atom is 0.142 e. The molecule has 88 valence electrons. The summed E-state index contributed by atoms with van der Waals surface area (Å²) in [6, 6.07) is 6.06. The second-order valence-electron chi connectivity index (χ2n) is 5.00. The highest BCUT2D eigenvalue weighted by molar-refractivity contribution is 5.64. The molecule has 1 aromatic rings. The molecule has 0 spiro atoms. The summed E-state index contributed by atoms with van der Waals surface area (Å²) in [7, 11) is 0. The van der Waals surface area contributed by atoms with Crippen LogP contribution in [0, 0.1) is 6.92 Å². The summed E-state index contributed by atoms with van der Waals surface area (Å²) in [5.41, 5.74) is 1.63. The van der Waals surface area contributed by atoms with Crippen molar-refractivity contribution in [1.29, 1.82) is 0 Å². The van der Waals surface area contributed by atoms with Crippen LogP contribution in [0.5, 0.6) is 5.75 Å². The smallest absolute Gasteiger partial charge is 0.142 e. The first-order valence-electron chi connectivity index (χ1n) is 5.67. The van der Waals surface area contributed by atoms with Crippen molar-refractivity contribution in [3.05, 3.63) is 23.8 Å². The van der Waals surface area contributed by atoms with Crippen LogP contribution in [0.3, 0.4) is 0 Å². The predicted octanol–water partition coefficient (Wildman–Crippen LogP) is 1.96. The number of para-hydroxylation sites is 1. The van der Waals surface area contributed by atoms with E-state index in [0.717, 1.165) is 18.0 Å². The number of benzene rings is 1. The highest BCUT2D eigenvalue weighted by Gasteiger charge is 2.24. The molecule has 3 heteroatoms. The van der Waals surface area contributed by atoms with Crippen molar-refractivity contribution in [1.82, 2.24) is 0 Å². The molecule has 1 N–H and O–H groups in total. The van der Waals surface area contributed by atoms with Gasteiger partial charge < -0.3 is 14.7 Å². The molecule has 1 aliphatic heterocycles. The molecule has 1 aliphatic rings. The second-order valence-corrected chi connectivity index (χ2v) is 5.00. The maximum atomic E-state index is 9.90. The molecular weight excluding hydrogens is 202 g/mol. The van der Waals surface area contributed by atoms with E-state index in [1.54, 1.807) is 0 Å². The van der Waals surface area contributed by atoms with E-state index in [0.29, 0.717) is 13.2 Å². The molecule has 0 radical (unpaired) electrons. The van der Waals surface area contributed by atoms with Crippen molar-refractivity contribution < 1.29 is 9.84 Å². The zero-order valence-corrected chi connectivity index (χ0v) is 10.2. The van der Waals surface area contributed by atoms with Crippen molar-refractivity contribution in [3.8, 4) is 5.75 Å². The Hall–Kier alpha value is -1.22. The normalized spacial score (nSPS) is 15.6. The van der Waals surface area contributed by atoms with Gasteiger partial charge in [-0.25, -0.2) is 0 Å². The van der Waals surface area contributed by atoms with Crippen LogP contribution in [0.15, 0.2) is 18.2 Å². The molecule has 2 rings (SSSR count). The Morgan fingerprint density at radius 3 is 2.88 bits per heavy atom. The monoisotopic (exact) mass is 221 g/mol. The van der Waals surface area contributed by atoms with Crippen molar-refractivity contribution >= 4 is 5.69 Å². The van der Waals surface area contributed by atoms with Crippen LogP contribution in [-0.2, 0) is 0 Å². The number of anilines is 1. The number of fused-ring (bicyclic) bond motifs is 1. The van der Waals surface area contributed by atoms with Gasteiger partial charge in [0.05, 0.1) is 17.8 Å². The molecule has 0 aliphatic carbocycles. The lowest BCUT2D eigenvalue weighted by Crippen LogP contribution is -2.43. The lowest BCUT2D eigenvalue weighted by Gasteiger charge is -2.36. The third-order valence-corrected chi connectivity index (χ3v) is 2.71. The minimum Gasteiger partial charge on any atom is -0.490 e. The van der Waals surface area contributed by atoms with Gasteiger partial charge in [0.25, 0.3) is 0 Å². The average molecular weight is 221 g/mol. The van der Waals surface area contributed by atoms with Gasteiger partial charge in [0.15, 0.2) is 0 Å². The number of hydrogen-bond acceptors (Lipinski definition) is 3. The third kappa shape index (κ3) is 2.30. The molecule has 0 saturated heterocycles. The summed E-state index contributed by atoms with van der Waals surface area (Å²) >= 11 is 0. The van der Waals surface area contributed by atoms with E-state index < -0.39 is 5.60 Å². The third-order valence-electron chi connectivity index (χ3n) is 2.71. The Labute approximate surface area is 96.6 Å². The van der Waals surface area contributed by atoms with Gasteiger partial charge in [0.1, 0.15) is 12.4 Å². The van der Waals surface area contributed by atoms with Gasteiger partial charge in [-0.05, 0) is 32.4 Å². The minimum absolute atomic E-state index is 0.633. The van der Waals surface area contributed by atoms with E-state index in [1.165, 1.54) is 5.56 Å². The molecule has 0 amide bonds. The van der Waals surface area contributed by atoms with Crippen LogP contribution in [0.2, 0.25) is 0 Å². The highest BCUT2D eigenvalue weighted by Crippen LogP contribution is 2.35. The molecule has 0 atom stereocenters. The van der Waals surface area contributed by atoms with E-state index in [2.05, 4.69) is 17.9 Å². The van der Waals surface area contributed by atoms with E-state index in [-0.39, 0.29) is 0 Å². The van der Waals surface area contributed by atoms with Crippen LogP contribution in [0.25, 0.3) is 0 Å². The number of ether oxygens (including phenoxy) is 1. The van der Waals surface area contributed by atoms with Crippen LogP contribution < -0.4 is 9.64 Å². The molecule has 3 nitrogen and oxygen atoms in total. The lowest BCUT2D eigenvalue weighted by molar-refractivity contribution is 0.0854. The molecule has 16 heavy (non-hydrogen) atoms. The van der Waals surface area contributed by atoms with E-state index in [1.807, 2.05) is 26.0 Å². The van der Waals surface area contributed by atoms with Gasteiger partial charge in [0, 0.05) is 6.54 Å². The second kappa shape index (κ2) is 3.98. The van der Waals surface area contributed by atoms with Gasteiger partial charge >= 0.3 is 0 Å². The Morgan fingerprint density at radius 1 is 1.44 bits per heavy atom. The van der Waals surface area contributed by atoms with E-state index in [4.69, 9.17) is 4.74 Å². The predicted molar refractivity (Wildman–Crippen MR) is 65.2 cm³/mol. The van der Waals surface area contributed by atoms with Gasteiger partial charge in [-0.15, -0.1) is 0 Å². The fourth-order valence-electron chi connectivity index (χ4n) is 2.16. The number of aliphatic hydroxyl groups is 1. The van der Waals surface area contributed by atoms with Crippen molar-refractivity contribution in [3.63, 3.8) is 0 Å². The Kier molecular flexibility index (Phi) is 2.80. The molecule has 0 aromatic heterocycles. The minimum atomic E-state index is -0.684. The Balaban J connectivity index is 2.32. The SMILES string of the molecule is Cc1cccc2c1N(CC(C)(C)O)CCO2. The molecule has 1 aromatic carbocycles. The molecule has 0 unspecified atom stereocenters. The summed E-state index contributed by atoms with van der Waals surface area (Å²) in [5, 5.41) is 9.90. The first-order chi connectivity index (χ1) is 7.47.